The highest BCUT2D eigenvalue weighted by atomic mass is 16.2. The molecule has 0 radical (unpaired) electrons. The van der Waals surface area contributed by atoms with Crippen LogP contribution in [0.5, 0.6) is 0 Å². The van der Waals surface area contributed by atoms with Gasteiger partial charge in [-0.25, -0.2) is 4.79 Å². The van der Waals surface area contributed by atoms with Crippen LogP contribution in [0.15, 0.2) is 48.0 Å². The van der Waals surface area contributed by atoms with Crippen LogP contribution >= 0.6 is 0 Å². The Morgan fingerprint density at radius 3 is 2.58 bits per heavy atom. The van der Waals surface area contributed by atoms with E-state index in [-0.39, 0.29) is 12.6 Å². The predicted molar refractivity (Wildman–Crippen MR) is 91.5 cm³/mol. The van der Waals surface area contributed by atoms with E-state index in [2.05, 4.69) is 16.9 Å². The van der Waals surface area contributed by atoms with Gasteiger partial charge in [0.1, 0.15) is 0 Å². The average molecular weight is 327 g/mol. The zero-order valence-corrected chi connectivity index (χ0v) is 13.9. The van der Waals surface area contributed by atoms with Crippen LogP contribution in [0.1, 0.15) is 31.9 Å². The number of amides is 4. The molecule has 4 amide bonds. The number of nitrogens with zero attached hydrogens (tertiary/aromatic N) is 2. The van der Waals surface area contributed by atoms with Gasteiger partial charge < -0.3 is 0 Å². The largest absolute Gasteiger partial charge is 0.331 e. The van der Waals surface area contributed by atoms with Crippen molar-refractivity contribution in [3.05, 3.63) is 48.6 Å². The molecule has 6 nitrogen and oxygen atoms in total. The Bertz CT molecular complexity index is 682. The van der Waals surface area contributed by atoms with Crippen LogP contribution in [0, 0.1) is 5.92 Å². The highest BCUT2D eigenvalue weighted by Crippen LogP contribution is 2.21. The van der Waals surface area contributed by atoms with E-state index in [1.807, 2.05) is 44.2 Å². The highest BCUT2D eigenvalue weighted by molar-refractivity contribution is 6.27. The summed E-state index contributed by atoms with van der Waals surface area (Å²) in [5.74, 6) is -2.24. The Morgan fingerprint density at radius 2 is 2.00 bits per heavy atom. The molecule has 1 aliphatic heterocycles. The third-order valence-corrected chi connectivity index (χ3v) is 3.90. The second-order valence-corrected chi connectivity index (χ2v) is 5.53. The van der Waals surface area contributed by atoms with Crippen molar-refractivity contribution in [3.63, 3.8) is 0 Å². The van der Waals surface area contributed by atoms with Gasteiger partial charge in [0.15, 0.2) is 5.92 Å². The second-order valence-electron chi connectivity index (χ2n) is 5.53. The minimum atomic E-state index is -1.07. The molecule has 1 saturated heterocycles. The smallest absolute Gasteiger partial charge is 0.285 e. The van der Waals surface area contributed by atoms with Crippen LogP contribution in [0.2, 0.25) is 0 Å². The first kappa shape index (κ1) is 17.6. The fourth-order valence-electron chi connectivity index (χ4n) is 2.63. The Labute approximate surface area is 141 Å². The van der Waals surface area contributed by atoms with Crippen LogP contribution in [0.3, 0.4) is 0 Å². The van der Waals surface area contributed by atoms with E-state index in [0.29, 0.717) is 12.1 Å². The van der Waals surface area contributed by atoms with Crippen molar-refractivity contribution < 1.29 is 14.4 Å². The second kappa shape index (κ2) is 7.68. The van der Waals surface area contributed by atoms with Crippen molar-refractivity contribution in [3.8, 4) is 0 Å². The summed E-state index contributed by atoms with van der Waals surface area (Å²) in [7, 11) is 0. The van der Waals surface area contributed by atoms with Gasteiger partial charge in [-0.3, -0.25) is 24.8 Å². The molecule has 1 fully saturated rings. The molecule has 1 aliphatic rings. The van der Waals surface area contributed by atoms with Gasteiger partial charge in [-0.1, -0.05) is 43.3 Å². The molecule has 1 heterocycles. The molecule has 1 N–H and O–H groups in total. The molecule has 0 aromatic heterocycles. The van der Waals surface area contributed by atoms with E-state index in [1.165, 1.54) is 6.08 Å². The van der Waals surface area contributed by atoms with Gasteiger partial charge in [0, 0.05) is 12.3 Å². The first-order valence-corrected chi connectivity index (χ1v) is 7.88. The van der Waals surface area contributed by atoms with Crippen molar-refractivity contribution >= 4 is 23.6 Å². The van der Waals surface area contributed by atoms with E-state index in [0.717, 1.165) is 10.5 Å². The molecule has 0 spiro atoms. The Balaban J connectivity index is 2.32. The standard InChI is InChI=1S/C18H21N3O3/c1-4-11-21-17(23)15(16(22)20-18(21)24)14(5-2)19-12(3)13-9-7-6-8-10-13/h4,6-10,12,15H,1,5,11H2,2-3H3,(H,20,22,24)/t12-,15?/m1/s1. The van der Waals surface area contributed by atoms with Crippen molar-refractivity contribution in [2.45, 2.75) is 26.3 Å². The van der Waals surface area contributed by atoms with E-state index in [9.17, 15) is 14.4 Å². The van der Waals surface area contributed by atoms with Gasteiger partial charge in [0.2, 0.25) is 11.8 Å². The van der Waals surface area contributed by atoms with Crippen LogP contribution < -0.4 is 5.32 Å². The third kappa shape index (κ3) is 3.59. The molecule has 0 saturated carbocycles. The van der Waals surface area contributed by atoms with Gasteiger partial charge in [0.05, 0.1) is 6.04 Å². The van der Waals surface area contributed by atoms with Crippen LogP contribution in [-0.4, -0.2) is 35.0 Å². The summed E-state index contributed by atoms with van der Waals surface area (Å²) in [5.41, 5.74) is 1.46. The molecule has 0 aliphatic carbocycles. The quantitative estimate of drug-likeness (QED) is 0.495. The minimum Gasteiger partial charge on any atom is -0.285 e. The van der Waals surface area contributed by atoms with Crippen molar-refractivity contribution in [2.24, 2.45) is 10.9 Å². The zero-order chi connectivity index (χ0) is 17.7. The van der Waals surface area contributed by atoms with E-state index in [1.54, 1.807) is 0 Å². The first-order valence-electron chi connectivity index (χ1n) is 7.88. The summed E-state index contributed by atoms with van der Waals surface area (Å²) in [6.07, 6.45) is 1.89. The molecule has 0 bridgehead atoms. The Hall–Kier alpha value is -2.76. The summed E-state index contributed by atoms with van der Waals surface area (Å²) in [6, 6.07) is 8.72. The van der Waals surface area contributed by atoms with Crippen LogP contribution in [0.25, 0.3) is 0 Å². The monoisotopic (exact) mass is 327 g/mol. The number of hydrogen-bond acceptors (Lipinski definition) is 4. The number of hydrogen-bond donors (Lipinski definition) is 1. The number of carbonyl (C=O) groups excluding carboxylic acids is 3. The van der Waals surface area contributed by atoms with Crippen molar-refractivity contribution in [2.75, 3.05) is 6.54 Å². The molecule has 24 heavy (non-hydrogen) atoms. The lowest BCUT2D eigenvalue weighted by molar-refractivity contribution is -0.139. The van der Waals surface area contributed by atoms with Crippen molar-refractivity contribution in [1.29, 1.82) is 0 Å². The molecule has 2 rings (SSSR count). The molecular weight excluding hydrogens is 306 g/mol. The van der Waals surface area contributed by atoms with E-state index in [4.69, 9.17) is 0 Å². The number of nitrogens with one attached hydrogen (secondary N) is 1. The molecule has 2 atom stereocenters. The summed E-state index contributed by atoms with van der Waals surface area (Å²) >= 11 is 0. The van der Waals surface area contributed by atoms with E-state index >= 15 is 0 Å². The number of barbiturate groups is 1. The molecule has 126 valence electrons. The molecular formula is C18H21N3O3. The fourth-order valence-corrected chi connectivity index (χ4v) is 2.63. The van der Waals surface area contributed by atoms with Crippen molar-refractivity contribution in [1.82, 2.24) is 10.2 Å². The summed E-state index contributed by atoms with van der Waals surface area (Å²) in [6.45, 7) is 7.33. The number of rotatable bonds is 6. The summed E-state index contributed by atoms with van der Waals surface area (Å²) in [4.78, 5) is 42.1. The van der Waals surface area contributed by atoms with Crippen LogP contribution in [-0.2, 0) is 9.59 Å². The number of benzene rings is 1. The van der Waals surface area contributed by atoms with Gasteiger partial charge in [-0.15, -0.1) is 6.58 Å². The third-order valence-electron chi connectivity index (χ3n) is 3.90. The lowest BCUT2D eigenvalue weighted by atomic mass is 9.95. The molecule has 6 heteroatoms. The molecule has 1 unspecified atom stereocenters. The number of aliphatic imine (C=N–C) groups is 1. The normalized spacial score (nSPS) is 19.9. The Morgan fingerprint density at radius 1 is 1.33 bits per heavy atom. The topological polar surface area (TPSA) is 78.8 Å². The first-order chi connectivity index (χ1) is 11.5. The fraction of sp³-hybridized carbons (Fsp3) is 0.333. The molecule has 1 aromatic rings. The maximum absolute atomic E-state index is 12.6. The maximum Gasteiger partial charge on any atom is 0.331 e. The molecule has 1 aromatic carbocycles. The van der Waals surface area contributed by atoms with Gasteiger partial charge in [-0.2, -0.15) is 0 Å². The van der Waals surface area contributed by atoms with Gasteiger partial charge in [0.25, 0.3) is 0 Å². The number of urea groups is 1. The SMILES string of the molecule is C=CCN1C(=O)NC(=O)C(C(CC)=N[C@H](C)c2ccccc2)C1=O. The van der Waals surface area contributed by atoms with Crippen LogP contribution in [0.4, 0.5) is 4.79 Å². The minimum absolute atomic E-state index is 0.0552. The average Bonchev–Trinajstić information content (AvgIpc) is 2.58. The lowest BCUT2D eigenvalue weighted by Gasteiger charge is -2.30. The van der Waals surface area contributed by atoms with Gasteiger partial charge >= 0.3 is 6.03 Å². The van der Waals surface area contributed by atoms with E-state index < -0.39 is 23.8 Å². The lowest BCUT2D eigenvalue weighted by Crippen LogP contribution is -2.59. The summed E-state index contributed by atoms with van der Waals surface area (Å²) in [5, 5.41) is 2.22. The number of carbonyl (C=O) groups is 3. The number of imide groups is 2. The zero-order valence-electron chi connectivity index (χ0n) is 13.9. The maximum atomic E-state index is 12.6. The highest BCUT2D eigenvalue weighted by Gasteiger charge is 2.42. The summed E-state index contributed by atoms with van der Waals surface area (Å²) < 4.78 is 0. The van der Waals surface area contributed by atoms with Gasteiger partial charge in [-0.05, 0) is 18.9 Å². The Kier molecular flexibility index (Phi) is 5.63. The predicted octanol–water partition coefficient (Wildman–Crippen LogP) is 2.48.